The van der Waals surface area contributed by atoms with Crippen LogP contribution in [0.2, 0.25) is 0 Å². The maximum absolute atomic E-state index is 13.7. The van der Waals surface area contributed by atoms with Gasteiger partial charge in [-0.2, -0.15) is 0 Å². The van der Waals surface area contributed by atoms with Crippen molar-refractivity contribution in [2.75, 3.05) is 20.5 Å². The SMILES string of the molecule is COc1cc2ncnc(-c3[nH]c(-c4ccc([S@](C)=O)cc4)nc3-c3ccc(F)cc3)c2cc1OC. The number of imidazole rings is 1. The number of nitrogens with one attached hydrogen (secondary N) is 1. The number of rotatable bonds is 6. The molecule has 0 saturated carbocycles. The number of fused-ring (bicyclic) bond motifs is 1. The van der Waals surface area contributed by atoms with Crippen LogP contribution >= 0.6 is 0 Å². The number of H-pyrrole nitrogens is 1. The van der Waals surface area contributed by atoms with Crippen molar-refractivity contribution in [2.45, 2.75) is 4.90 Å². The number of hydrogen-bond donors (Lipinski definition) is 1. The molecule has 0 fully saturated rings. The smallest absolute Gasteiger partial charge is 0.162 e. The van der Waals surface area contributed by atoms with Gasteiger partial charge in [-0.1, -0.05) is 12.1 Å². The van der Waals surface area contributed by atoms with Crippen LogP contribution in [0, 0.1) is 5.82 Å². The zero-order chi connectivity index (χ0) is 24.5. The van der Waals surface area contributed by atoms with E-state index in [0.29, 0.717) is 39.9 Å². The first kappa shape index (κ1) is 22.7. The Hall–Kier alpha value is -4.11. The second kappa shape index (κ2) is 9.27. The fourth-order valence-electron chi connectivity index (χ4n) is 3.88. The number of ether oxygens (including phenoxy) is 2. The monoisotopic (exact) mass is 488 g/mol. The van der Waals surface area contributed by atoms with Gasteiger partial charge in [-0.25, -0.2) is 19.3 Å². The molecule has 2 heterocycles. The van der Waals surface area contributed by atoms with E-state index in [1.54, 1.807) is 38.7 Å². The van der Waals surface area contributed by atoms with Gasteiger partial charge in [-0.3, -0.25) is 4.21 Å². The summed E-state index contributed by atoms with van der Waals surface area (Å²) in [7, 11) is 2.05. The molecule has 5 aromatic rings. The van der Waals surface area contributed by atoms with Crippen LogP contribution in [0.25, 0.3) is 44.9 Å². The van der Waals surface area contributed by atoms with E-state index in [-0.39, 0.29) is 5.82 Å². The molecule has 0 radical (unpaired) electrons. The van der Waals surface area contributed by atoms with Crippen molar-refractivity contribution in [3.05, 3.63) is 72.8 Å². The molecule has 5 rings (SSSR count). The molecule has 9 heteroatoms. The van der Waals surface area contributed by atoms with Gasteiger partial charge in [0.05, 0.1) is 31.1 Å². The lowest BCUT2D eigenvalue weighted by molar-refractivity contribution is 0.356. The van der Waals surface area contributed by atoms with Gasteiger partial charge in [0.2, 0.25) is 0 Å². The molecule has 0 aliphatic carbocycles. The molecule has 0 spiro atoms. The first-order chi connectivity index (χ1) is 17.0. The van der Waals surface area contributed by atoms with E-state index in [1.165, 1.54) is 18.5 Å². The highest BCUT2D eigenvalue weighted by atomic mass is 32.2. The maximum atomic E-state index is 13.7. The van der Waals surface area contributed by atoms with E-state index < -0.39 is 10.8 Å². The minimum absolute atomic E-state index is 0.335. The highest BCUT2D eigenvalue weighted by molar-refractivity contribution is 7.84. The van der Waals surface area contributed by atoms with E-state index in [2.05, 4.69) is 15.0 Å². The molecule has 0 unspecified atom stereocenters. The summed E-state index contributed by atoms with van der Waals surface area (Å²) in [6, 6.07) is 17.1. The van der Waals surface area contributed by atoms with Gasteiger partial charge >= 0.3 is 0 Å². The van der Waals surface area contributed by atoms with Crippen LogP contribution in [0.1, 0.15) is 0 Å². The molecule has 3 aromatic carbocycles. The van der Waals surface area contributed by atoms with Crippen LogP contribution in [0.3, 0.4) is 0 Å². The molecule has 1 N–H and O–H groups in total. The van der Waals surface area contributed by atoms with Crippen molar-refractivity contribution in [1.29, 1.82) is 0 Å². The molecule has 1 atom stereocenters. The summed E-state index contributed by atoms with van der Waals surface area (Å²) in [6.07, 6.45) is 3.11. The number of nitrogens with zero attached hydrogens (tertiary/aromatic N) is 3. The number of halogens is 1. The number of methoxy groups -OCH3 is 2. The number of benzene rings is 3. The Balaban J connectivity index is 1.74. The van der Waals surface area contributed by atoms with E-state index in [9.17, 15) is 8.60 Å². The maximum Gasteiger partial charge on any atom is 0.162 e. The average molecular weight is 489 g/mol. The summed E-state index contributed by atoms with van der Waals surface area (Å²) in [5.41, 5.74) is 4.07. The second-order valence-corrected chi connectivity index (χ2v) is 9.12. The number of aromatic nitrogens is 4. The van der Waals surface area contributed by atoms with Crippen molar-refractivity contribution < 1.29 is 18.1 Å². The van der Waals surface area contributed by atoms with Crippen LogP contribution in [-0.2, 0) is 10.8 Å². The van der Waals surface area contributed by atoms with Crippen molar-refractivity contribution in [3.8, 4) is 45.5 Å². The Morgan fingerprint density at radius 3 is 2.17 bits per heavy atom. The molecule has 0 bridgehead atoms. The molecule has 176 valence electrons. The summed E-state index contributed by atoms with van der Waals surface area (Å²) in [4.78, 5) is 17.9. The van der Waals surface area contributed by atoms with Crippen molar-refractivity contribution >= 4 is 21.7 Å². The molecule has 0 aliphatic heterocycles. The van der Waals surface area contributed by atoms with E-state index in [0.717, 1.165) is 21.4 Å². The minimum Gasteiger partial charge on any atom is -0.493 e. The lowest BCUT2D eigenvalue weighted by Gasteiger charge is -2.11. The molecule has 2 aromatic heterocycles. The standard InChI is InChI=1S/C26H21FN4O3S/c1-33-21-12-19-20(13-22(21)34-2)28-14-29-24(19)25-23(15-4-8-17(27)9-5-15)30-26(31-25)16-6-10-18(11-7-16)35(3)32/h4-14H,1-3H3,(H,30,31)/t35-/m0/s1. The predicted molar refractivity (Wildman–Crippen MR) is 133 cm³/mol. The fraction of sp³-hybridized carbons (Fsp3) is 0.115. The van der Waals surface area contributed by atoms with Gasteiger partial charge in [0, 0.05) is 44.5 Å². The van der Waals surface area contributed by atoms with Crippen molar-refractivity contribution in [1.82, 2.24) is 19.9 Å². The minimum atomic E-state index is -1.08. The Bertz CT molecular complexity index is 1550. The summed E-state index contributed by atoms with van der Waals surface area (Å²) < 4.78 is 36.4. The first-order valence-electron chi connectivity index (χ1n) is 10.7. The number of hydrogen-bond acceptors (Lipinski definition) is 6. The number of aromatic amines is 1. The first-order valence-corrected chi connectivity index (χ1v) is 12.2. The molecule has 0 saturated heterocycles. The Morgan fingerprint density at radius 1 is 0.857 bits per heavy atom. The fourth-order valence-corrected chi connectivity index (χ4v) is 4.40. The van der Waals surface area contributed by atoms with Crippen molar-refractivity contribution in [2.24, 2.45) is 0 Å². The zero-order valence-corrected chi connectivity index (χ0v) is 20.0. The van der Waals surface area contributed by atoms with Gasteiger partial charge in [0.1, 0.15) is 23.7 Å². The van der Waals surface area contributed by atoms with Gasteiger partial charge < -0.3 is 14.5 Å². The lowest BCUT2D eigenvalue weighted by atomic mass is 10.1. The molecular weight excluding hydrogens is 467 g/mol. The third-order valence-electron chi connectivity index (χ3n) is 5.66. The van der Waals surface area contributed by atoms with E-state index in [4.69, 9.17) is 14.5 Å². The van der Waals surface area contributed by atoms with Gasteiger partial charge in [-0.05, 0) is 42.5 Å². The largest absolute Gasteiger partial charge is 0.493 e. The zero-order valence-electron chi connectivity index (χ0n) is 19.2. The average Bonchev–Trinajstić information content (AvgIpc) is 3.33. The van der Waals surface area contributed by atoms with Crippen LogP contribution in [0.15, 0.2) is 71.9 Å². The topological polar surface area (TPSA) is 90.0 Å². The predicted octanol–water partition coefficient (Wildman–Crippen LogP) is 5.25. The van der Waals surface area contributed by atoms with Crippen LogP contribution in [0.5, 0.6) is 11.5 Å². The third kappa shape index (κ3) is 4.26. The highest BCUT2D eigenvalue weighted by Gasteiger charge is 2.20. The quantitative estimate of drug-likeness (QED) is 0.351. The van der Waals surface area contributed by atoms with Crippen molar-refractivity contribution in [3.63, 3.8) is 0 Å². The van der Waals surface area contributed by atoms with Crippen LogP contribution in [-0.4, -0.2) is 44.6 Å². The molecule has 35 heavy (non-hydrogen) atoms. The third-order valence-corrected chi connectivity index (χ3v) is 6.59. The molecule has 0 aliphatic rings. The Morgan fingerprint density at radius 2 is 1.51 bits per heavy atom. The summed E-state index contributed by atoms with van der Waals surface area (Å²) >= 11 is 0. The van der Waals surface area contributed by atoms with Crippen LogP contribution < -0.4 is 9.47 Å². The van der Waals surface area contributed by atoms with E-state index in [1.807, 2.05) is 30.3 Å². The van der Waals surface area contributed by atoms with Gasteiger partial charge in [0.25, 0.3) is 0 Å². The second-order valence-electron chi connectivity index (χ2n) is 7.74. The van der Waals surface area contributed by atoms with Gasteiger partial charge in [-0.15, -0.1) is 0 Å². The molecular formula is C26H21FN4O3S. The summed E-state index contributed by atoms with van der Waals surface area (Å²) in [5.74, 6) is 1.36. The van der Waals surface area contributed by atoms with E-state index >= 15 is 0 Å². The Labute approximate surface area is 203 Å². The highest BCUT2D eigenvalue weighted by Crippen LogP contribution is 2.38. The normalized spacial score (nSPS) is 12.0. The Kier molecular flexibility index (Phi) is 6.00. The summed E-state index contributed by atoms with van der Waals surface area (Å²) in [6.45, 7) is 0. The molecule has 7 nitrogen and oxygen atoms in total. The lowest BCUT2D eigenvalue weighted by Crippen LogP contribution is -1.95. The van der Waals surface area contributed by atoms with Gasteiger partial charge in [0.15, 0.2) is 11.5 Å². The van der Waals surface area contributed by atoms with Crippen LogP contribution in [0.4, 0.5) is 4.39 Å². The molecule has 0 amide bonds. The summed E-state index contributed by atoms with van der Waals surface area (Å²) in [5, 5.41) is 0.737.